The average molecular weight is 262 g/mol. The van der Waals surface area contributed by atoms with Gasteiger partial charge in [-0.15, -0.1) is 0 Å². The van der Waals surface area contributed by atoms with Gasteiger partial charge in [0.15, 0.2) is 0 Å². The highest BCUT2D eigenvalue weighted by molar-refractivity contribution is 5.41. The SMILES string of the molecule is CCCOc1cc(C)c(CC(C)C2OC2C)c(C)c1. The van der Waals surface area contributed by atoms with E-state index >= 15 is 0 Å². The molecule has 1 aliphatic rings. The highest BCUT2D eigenvalue weighted by Gasteiger charge is 2.38. The first-order valence-corrected chi connectivity index (χ1v) is 7.41. The number of ether oxygens (including phenoxy) is 2. The third-order valence-electron chi connectivity index (χ3n) is 3.99. The van der Waals surface area contributed by atoms with Crippen LogP contribution in [0, 0.1) is 19.8 Å². The van der Waals surface area contributed by atoms with Crippen molar-refractivity contribution in [3.8, 4) is 5.75 Å². The van der Waals surface area contributed by atoms with Gasteiger partial charge in [-0.1, -0.05) is 13.8 Å². The van der Waals surface area contributed by atoms with Gasteiger partial charge in [0.05, 0.1) is 18.8 Å². The van der Waals surface area contributed by atoms with Crippen molar-refractivity contribution in [3.05, 3.63) is 28.8 Å². The number of rotatable bonds is 6. The number of hydrogen-bond acceptors (Lipinski definition) is 2. The molecule has 0 amide bonds. The van der Waals surface area contributed by atoms with Gasteiger partial charge in [-0.3, -0.25) is 0 Å². The van der Waals surface area contributed by atoms with Crippen LogP contribution in [0.2, 0.25) is 0 Å². The lowest BCUT2D eigenvalue weighted by Crippen LogP contribution is -2.11. The maximum absolute atomic E-state index is 5.73. The molecule has 2 nitrogen and oxygen atoms in total. The van der Waals surface area contributed by atoms with E-state index in [0.717, 1.165) is 25.2 Å². The smallest absolute Gasteiger partial charge is 0.119 e. The Hall–Kier alpha value is -1.02. The summed E-state index contributed by atoms with van der Waals surface area (Å²) < 4.78 is 11.3. The summed E-state index contributed by atoms with van der Waals surface area (Å²) in [4.78, 5) is 0. The van der Waals surface area contributed by atoms with Crippen LogP contribution in [0.5, 0.6) is 5.75 Å². The van der Waals surface area contributed by atoms with Crippen molar-refractivity contribution >= 4 is 0 Å². The molecule has 0 N–H and O–H groups in total. The topological polar surface area (TPSA) is 21.8 Å². The zero-order valence-corrected chi connectivity index (χ0v) is 12.8. The van der Waals surface area contributed by atoms with E-state index in [1.165, 1.54) is 16.7 Å². The second-order valence-corrected chi connectivity index (χ2v) is 5.87. The summed E-state index contributed by atoms with van der Waals surface area (Å²) in [5, 5.41) is 0. The van der Waals surface area contributed by atoms with Crippen LogP contribution in [0.4, 0.5) is 0 Å². The molecular formula is C17H26O2. The van der Waals surface area contributed by atoms with E-state index in [-0.39, 0.29) is 0 Å². The number of epoxide rings is 1. The summed E-state index contributed by atoms with van der Waals surface area (Å²) in [5.41, 5.74) is 4.14. The highest BCUT2D eigenvalue weighted by atomic mass is 16.6. The Balaban J connectivity index is 2.08. The molecule has 1 heterocycles. The van der Waals surface area contributed by atoms with Crippen molar-refractivity contribution in [2.75, 3.05) is 6.61 Å². The van der Waals surface area contributed by atoms with Gasteiger partial charge in [0, 0.05) is 0 Å². The minimum Gasteiger partial charge on any atom is -0.494 e. The molecule has 0 aromatic heterocycles. The van der Waals surface area contributed by atoms with Crippen molar-refractivity contribution in [1.82, 2.24) is 0 Å². The summed E-state index contributed by atoms with van der Waals surface area (Å²) in [6.07, 6.45) is 3.05. The summed E-state index contributed by atoms with van der Waals surface area (Å²) in [7, 11) is 0. The van der Waals surface area contributed by atoms with Gasteiger partial charge in [-0.25, -0.2) is 0 Å². The second kappa shape index (κ2) is 5.96. The number of aryl methyl sites for hydroxylation is 2. The van der Waals surface area contributed by atoms with E-state index < -0.39 is 0 Å². The molecule has 0 aliphatic carbocycles. The van der Waals surface area contributed by atoms with Gasteiger partial charge >= 0.3 is 0 Å². The second-order valence-electron chi connectivity index (χ2n) is 5.87. The van der Waals surface area contributed by atoms with Gasteiger partial charge in [0.2, 0.25) is 0 Å². The molecule has 3 atom stereocenters. The van der Waals surface area contributed by atoms with Crippen LogP contribution in [-0.2, 0) is 11.2 Å². The van der Waals surface area contributed by atoms with Crippen LogP contribution < -0.4 is 4.74 Å². The standard InChI is InChI=1S/C17H26O2/c1-6-7-18-15-8-11(2)16(12(3)9-15)10-13(4)17-14(5)19-17/h8-9,13-14,17H,6-7,10H2,1-5H3. The van der Waals surface area contributed by atoms with Crippen molar-refractivity contribution in [2.45, 2.75) is 59.7 Å². The minimum absolute atomic E-state index is 0.447. The molecule has 3 unspecified atom stereocenters. The van der Waals surface area contributed by atoms with Crippen LogP contribution in [0.25, 0.3) is 0 Å². The molecule has 1 aromatic carbocycles. The van der Waals surface area contributed by atoms with Crippen molar-refractivity contribution < 1.29 is 9.47 Å². The third-order valence-corrected chi connectivity index (χ3v) is 3.99. The molecule has 0 spiro atoms. The lowest BCUT2D eigenvalue weighted by atomic mass is 9.91. The summed E-state index contributed by atoms with van der Waals surface area (Å²) >= 11 is 0. The third kappa shape index (κ3) is 3.50. The van der Waals surface area contributed by atoms with Crippen LogP contribution >= 0.6 is 0 Å². The zero-order chi connectivity index (χ0) is 14.0. The zero-order valence-electron chi connectivity index (χ0n) is 12.8. The van der Waals surface area contributed by atoms with Gasteiger partial charge < -0.3 is 9.47 Å². The summed E-state index contributed by atoms with van der Waals surface area (Å²) in [5.74, 6) is 1.60. The lowest BCUT2D eigenvalue weighted by molar-refractivity contribution is 0.316. The first kappa shape index (κ1) is 14.4. The van der Waals surface area contributed by atoms with Gasteiger partial charge in [0.1, 0.15) is 5.75 Å². The predicted molar refractivity (Wildman–Crippen MR) is 78.9 cm³/mol. The Morgan fingerprint density at radius 3 is 2.32 bits per heavy atom. The van der Waals surface area contributed by atoms with E-state index in [1.807, 2.05) is 0 Å². The fourth-order valence-corrected chi connectivity index (χ4v) is 2.82. The Bertz CT molecular complexity index is 416. The Morgan fingerprint density at radius 1 is 1.26 bits per heavy atom. The van der Waals surface area contributed by atoms with Crippen LogP contribution in [0.15, 0.2) is 12.1 Å². The first-order chi connectivity index (χ1) is 9.02. The van der Waals surface area contributed by atoms with Crippen LogP contribution in [0.3, 0.4) is 0 Å². The fourth-order valence-electron chi connectivity index (χ4n) is 2.82. The van der Waals surface area contributed by atoms with Gasteiger partial charge in [-0.05, 0) is 68.4 Å². The van der Waals surface area contributed by atoms with E-state index in [1.54, 1.807) is 0 Å². The van der Waals surface area contributed by atoms with E-state index in [9.17, 15) is 0 Å². The van der Waals surface area contributed by atoms with Gasteiger partial charge in [0.25, 0.3) is 0 Å². The van der Waals surface area contributed by atoms with Gasteiger partial charge in [-0.2, -0.15) is 0 Å². The maximum atomic E-state index is 5.73. The molecule has 0 saturated carbocycles. The molecular weight excluding hydrogens is 236 g/mol. The number of hydrogen-bond donors (Lipinski definition) is 0. The predicted octanol–water partition coefficient (Wildman–Crippen LogP) is 4.06. The normalized spacial score (nSPS) is 23.2. The van der Waals surface area contributed by atoms with Crippen molar-refractivity contribution in [2.24, 2.45) is 5.92 Å². The summed E-state index contributed by atoms with van der Waals surface area (Å²) in [6, 6.07) is 4.34. The van der Waals surface area contributed by atoms with Crippen LogP contribution in [0.1, 0.15) is 43.9 Å². The fraction of sp³-hybridized carbons (Fsp3) is 0.647. The molecule has 1 fully saturated rings. The molecule has 19 heavy (non-hydrogen) atoms. The molecule has 2 heteroatoms. The maximum Gasteiger partial charge on any atom is 0.119 e. The summed E-state index contributed by atoms with van der Waals surface area (Å²) in [6.45, 7) is 11.7. The first-order valence-electron chi connectivity index (χ1n) is 7.41. The molecule has 1 aliphatic heterocycles. The van der Waals surface area contributed by atoms with Crippen molar-refractivity contribution in [3.63, 3.8) is 0 Å². The molecule has 1 aromatic rings. The van der Waals surface area contributed by atoms with Crippen molar-refractivity contribution in [1.29, 1.82) is 0 Å². The quantitative estimate of drug-likeness (QED) is 0.721. The van der Waals surface area contributed by atoms with E-state index in [4.69, 9.17) is 9.47 Å². The largest absolute Gasteiger partial charge is 0.494 e. The Kier molecular flexibility index (Phi) is 4.51. The molecule has 106 valence electrons. The lowest BCUT2D eigenvalue weighted by Gasteiger charge is -2.16. The minimum atomic E-state index is 0.447. The van der Waals surface area contributed by atoms with Crippen LogP contribution in [-0.4, -0.2) is 18.8 Å². The Labute approximate surface area is 117 Å². The Morgan fingerprint density at radius 2 is 1.84 bits per heavy atom. The molecule has 2 rings (SSSR count). The molecule has 0 radical (unpaired) electrons. The average Bonchev–Trinajstić information content (AvgIpc) is 3.08. The molecule has 0 bridgehead atoms. The van der Waals surface area contributed by atoms with E-state index in [2.05, 4.69) is 46.8 Å². The molecule has 1 saturated heterocycles. The monoisotopic (exact) mass is 262 g/mol. The van der Waals surface area contributed by atoms with E-state index in [0.29, 0.717) is 18.1 Å². The highest BCUT2D eigenvalue weighted by Crippen LogP contribution is 2.33. The number of benzene rings is 1.